The van der Waals surface area contributed by atoms with Crippen LogP contribution >= 0.6 is 0 Å². The third-order valence-corrected chi connectivity index (χ3v) is 4.25. The number of nitrogens with one attached hydrogen (secondary N) is 1. The van der Waals surface area contributed by atoms with Crippen molar-refractivity contribution in [2.24, 2.45) is 0 Å². The molecule has 0 radical (unpaired) electrons. The number of carbonyl (C=O) groups excluding carboxylic acids is 2. The van der Waals surface area contributed by atoms with Gasteiger partial charge in [0.15, 0.2) is 0 Å². The summed E-state index contributed by atoms with van der Waals surface area (Å²) in [6, 6.07) is 14.0. The summed E-state index contributed by atoms with van der Waals surface area (Å²) in [6.07, 6.45) is -1.29. The van der Waals surface area contributed by atoms with Crippen molar-refractivity contribution in [3.8, 4) is 0 Å². The highest BCUT2D eigenvalue weighted by Gasteiger charge is 2.49. The quantitative estimate of drug-likeness (QED) is 0.846. The van der Waals surface area contributed by atoms with Gasteiger partial charge in [-0.1, -0.05) is 48.5 Å². The Kier molecular flexibility index (Phi) is 4.07. The zero-order valence-electron chi connectivity index (χ0n) is 13.1. The van der Waals surface area contributed by atoms with E-state index in [2.05, 4.69) is 5.32 Å². The number of amides is 3. The number of nitrogens with zero attached hydrogens (tertiary/aromatic N) is 1. The largest absolute Gasteiger partial charge is 0.386 e. The van der Waals surface area contributed by atoms with Gasteiger partial charge >= 0.3 is 6.03 Å². The van der Waals surface area contributed by atoms with Crippen molar-refractivity contribution < 1.29 is 19.1 Å². The average Bonchev–Trinajstić information content (AvgIpc) is 2.80. The van der Waals surface area contributed by atoms with Gasteiger partial charge in [0.25, 0.3) is 5.91 Å². The molecule has 24 heavy (non-hydrogen) atoms. The minimum atomic E-state index is -1.29. The minimum absolute atomic E-state index is 0.0476. The Hall–Kier alpha value is -2.73. The third-order valence-electron chi connectivity index (χ3n) is 4.25. The van der Waals surface area contributed by atoms with Gasteiger partial charge < -0.3 is 10.4 Å². The van der Waals surface area contributed by atoms with E-state index in [4.69, 9.17) is 0 Å². The number of hydrogen-bond donors (Lipinski definition) is 2. The van der Waals surface area contributed by atoms with Gasteiger partial charge in [-0.05, 0) is 18.6 Å². The molecule has 1 fully saturated rings. The maximum absolute atomic E-state index is 13.8. The van der Waals surface area contributed by atoms with E-state index in [-0.39, 0.29) is 12.1 Å². The molecule has 6 heteroatoms. The zero-order chi connectivity index (χ0) is 17.3. The van der Waals surface area contributed by atoms with Crippen molar-refractivity contribution in [2.45, 2.75) is 18.6 Å². The molecule has 3 rings (SSSR count). The highest BCUT2D eigenvalue weighted by atomic mass is 19.1. The van der Waals surface area contributed by atoms with E-state index in [1.165, 1.54) is 18.2 Å². The second kappa shape index (κ2) is 6.05. The van der Waals surface area contributed by atoms with Crippen LogP contribution in [0.15, 0.2) is 54.6 Å². The fourth-order valence-electron chi connectivity index (χ4n) is 2.85. The van der Waals surface area contributed by atoms with Gasteiger partial charge in [0, 0.05) is 5.56 Å². The summed E-state index contributed by atoms with van der Waals surface area (Å²) in [5.41, 5.74) is -0.509. The van der Waals surface area contributed by atoms with Crippen molar-refractivity contribution >= 4 is 11.9 Å². The number of urea groups is 1. The summed E-state index contributed by atoms with van der Waals surface area (Å²) in [6.45, 7) is 1.30. The number of halogens is 1. The monoisotopic (exact) mass is 328 g/mol. The van der Waals surface area contributed by atoms with Crippen LogP contribution in [0, 0.1) is 5.82 Å². The zero-order valence-corrected chi connectivity index (χ0v) is 13.1. The standard InChI is InChI=1S/C18H17FN2O3/c1-18(12-7-3-2-4-8-12)16(23)21(17(24)20-18)11-15(22)13-9-5-6-10-14(13)19/h2-10,15,22H,11H2,1H3,(H,20,24)/t15-,18+/m0/s1. The summed E-state index contributed by atoms with van der Waals surface area (Å²) in [5, 5.41) is 12.9. The second-order valence-electron chi connectivity index (χ2n) is 5.87. The number of benzene rings is 2. The molecule has 0 aromatic heterocycles. The van der Waals surface area contributed by atoms with Crippen molar-refractivity contribution in [2.75, 3.05) is 6.54 Å². The predicted molar refractivity (Wildman–Crippen MR) is 85.4 cm³/mol. The van der Waals surface area contributed by atoms with Gasteiger partial charge in [-0.15, -0.1) is 0 Å². The van der Waals surface area contributed by atoms with Gasteiger partial charge in [0.05, 0.1) is 12.6 Å². The molecular weight excluding hydrogens is 311 g/mol. The highest BCUT2D eigenvalue weighted by molar-refractivity contribution is 6.07. The van der Waals surface area contributed by atoms with Gasteiger partial charge in [-0.25, -0.2) is 9.18 Å². The van der Waals surface area contributed by atoms with Crippen LogP contribution < -0.4 is 5.32 Å². The summed E-state index contributed by atoms with van der Waals surface area (Å²) < 4.78 is 13.8. The Morgan fingerprint density at radius 2 is 1.75 bits per heavy atom. The smallest absolute Gasteiger partial charge is 0.325 e. The molecule has 5 nitrogen and oxygen atoms in total. The normalized spacial score (nSPS) is 21.7. The molecule has 2 aromatic carbocycles. The fraction of sp³-hybridized carbons (Fsp3) is 0.222. The van der Waals surface area contributed by atoms with Crippen molar-refractivity contribution in [3.05, 3.63) is 71.5 Å². The molecule has 1 aliphatic heterocycles. The molecule has 1 aliphatic rings. The van der Waals surface area contributed by atoms with Crippen LogP contribution in [0.5, 0.6) is 0 Å². The first-order valence-electron chi connectivity index (χ1n) is 7.55. The lowest BCUT2D eigenvalue weighted by atomic mass is 9.92. The molecule has 1 saturated heterocycles. The van der Waals surface area contributed by atoms with E-state index in [1.54, 1.807) is 37.3 Å². The van der Waals surface area contributed by atoms with E-state index in [0.29, 0.717) is 5.56 Å². The van der Waals surface area contributed by atoms with Gasteiger partial charge in [-0.3, -0.25) is 9.69 Å². The van der Waals surface area contributed by atoms with E-state index < -0.39 is 29.4 Å². The van der Waals surface area contributed by atoms with Gasteiger partial charge in [-0.2, -0.15) is 0 Å². The predicted octanol–water partition coefficient (Wildman–Crippen LogP) is 2.33. The Labute approximate surface area is 138 Å². The second-order valence-corrected chi connectivity index (χ2v) is 5.87. The number of aliphatic hydroxyl groups is 1. The average molecular weight is 328 g/mol. The summed E-state index contributed by atoms with van der Waals surface area (Å²) >= 11 is 0. The van der Waals surface area contributed by atoms with Gasteiger partial charge in [0.1, 0.15) is 11.4 Å². The summed E-state index contributed by atoms with van der Waals surface area (Å²) in [4.78, 5) is 25.9. The lowest BCUT2D eigenvalue weighted by Gasteiger charge is -2.23. The molecule has 0 bridgehead atoms. The van der Waals surface area contributed by atoms with E-state index in [0.717, 1.165) is 4.90 Å². The molecule has 0 unspecified atom stereocenters. The Balaban J connectivity index is 1.84. The molecule has 3 amide bonds. The molecular formula is C18H17FN2O3. The van der Waals surface area contributed by atoms with Crippen LogP contribution in [0.4, 0.5) is 9.18 Å². The Morgan fingerprint density at radius 3 is 2.42 bits per heavy atom. The van der Waals surface area contributed by atoms with Crippen LogP contribution in [-0.4, -0.2) is 28.5 Å². The topological polar surface area (TPSA) is 69.6 Å². The van der Waals surface area contributed by atoms with Gasteiger partial charge in [0.2, 0.25) is 0 Å². The molecule has 0 saturated carbocycles. The maximum Gasteiger partial charge on any atom is 0.325 e. The Morgan fingerprint density at radius 1 is 1.12 bits per heavy atom. The highest BCUT2D eigenvalue weighted by Crippen LogP contribution is 2.30. The fourth-order valence-corrected chi connectivity index (χ4v) is 2.85. The number of rotatable bonds is 4. The first-order chi connectivity index (χ1) is 11.4. The Bertz CT molecular complexity index is 781. The molecule has 0 aliphatic carbocycles. The van der Waals surface area contributed by atoms with E-state index >= 15 is 0 Å². The molecule has 0 spiro atoms. The van der Waals surface area contributed by atoms with Crippen molar-refractivity contribution in [1.82, 2.24) is 10.2 Å². The molecule has 2 aromatic rings. The first kappa shape index (κ1) is 16.1. The van der Waals surface area contributed by atoms with E-state index in [1.807, 2.05) is 6.07 Å². The molecule has 2 atom stereocenters. The van der Waals surface area contributed by atoms with Crippen LogP contribution in [-0.2, 0) is 10.3 Å². The number of carbonyl (C=O) groups is 2. The SMILES string of the molecule is C[C@]1(c2ccccc2)NC(=O)N(C[C@H](O)c2ccccc2F)C1=O. The number of β-amino-alcohol motifs (C(OH)–C–C–N with tert-alkyl or cyclic N) is 1. The summed E-state index contributed by atoms with van der Waals surface area (Å²) in [7, 11) is 0. The molecule has 2 N–H and O–H groups in total. The van der Waals surface area contributed by atoms with E-state index in [9.17, 15) is 19.1 Å². The number of imide groups is 1. The van der Waals surface area contributed by atoms with Crippen molar-refractivity contribution in [1.29, 1.82) is 0 Å². The maximum atomic E-state index is 13.8. The first-order valence-corrected chi connectivity index (χ1v) is 7.55. The van der Waals surface area contributed by atoms with Crippen LogP contribution in [0.25, 0.3) is 0 Å². The third kappa shape index (κ3) is 2.65. The van der Waals surface area contributed by atoms with Crippen LogP contribution in [0.2, 0.25) is 0 Å². The van der Waals surface area contributed by atoms with Crippen LogP contribution in [0.3, 0.4) is 0 Å². The summed E-state index contributed by atoms with van der Waals surface area (Å²) in [5.74, 6) is -1.06. The number of aliphatic hydroxyl groups excluding tert-OH is 1. The number of hydrogen-bond acceptors (Lipinski definition) is 3. The lowest BCUT2D eigenvalue weighted by Crippen LogP contribution is -2.41. The molecule has 1 heterocycles. The van der Waals surface area contributed by atoms with Crippen LogP contribution in [0.1, 0.15) is 24.2 Å². The molecule has 124 valence electrons. The van der Waals surface area contributed by atoms with Crippen molar-refractivity contribution in [3.63, 3.8) is 0 Å². The minimum Gasteiger partial charge on any atom is -0.386 e. The lowest BCUT2D eigenvalue weighted by molar-refractivity contribution is -0.132.